The summed E-state index contributed by atoms with van der Waals surface area (Å²) in [5.74, 6) is 0.726. The molecule has 0 atom stereocenters. The Labute approximate surface area is 159 Å². The normalized spacial score (nSPS) is 11.5. The minimum absolute atomic E-state index is 0.0641. The second kappa shape index (κ2) is 9.26. The van der Waals surface area contributed by atoms with E-state index in [0.29, 0.717) is 34.4 Å². The fourth-order valence-electron chi connectivity index (χ4n) is 2.97. The lowest BCUT2D eigenvalue weighted by Crippen LogP contribution is -2.34. The van der Waals surface area contributed by atoms with Crippen molar-refractivity contribution in [2.45, 2.75) is 59.2 Å². The lowest BCUT2D eigenvalue weighted by molar-refractivity contribution is -0.128. The van der Waals surface area contributed by atoms with Gasteiger partial charge in [0, 0.05) is 25.3 Å². The van der Waals surface area contributed by atoms with E-state index in [9.17, 15) is 9.59 Å². The number of hydrogen-bond donors (Lipinski definition) is 1. The van der Waals surface area contributed by atoms with E-state index in [-0.39, 0.29) is 11.5 Å². The van der Waals surface area contributed by atoms with Gasteiger partial charge in [-0.3, -0.25) is 14.2 Å². The monoisotopic (exact) mass is 378 g/mol. The number of aromatic nitrogens is 3. The van der Waals surface area contributed by atoms with E-state index >= 15 is 0 Å². The van der Waals surface area contributed by atoms with Crippen molar-refractivity contribution < 1.29 is 4.79 Å². The van der Waals surface area contributed by atoms with E-state index in [1.54, 1.807) is 4.57 Å². The van der Waals surface area contributed by atoms with Crippen molar-refractivity contribution in [2.24, 2.45) is 5.92 Å². The molecule has 6 nitrogen and oxygen atoms in total. The fraction of sp³-hybridized carbons (Fsp3) is 0.632. The number of carbonyl (C=O) groups is 1. The molecule has 144 valence electrons. The van der Waals surface area contributed by atoms with Crippen LogP contribution in [0, 0.1) is 12.8 Å². The Balaban J connectivity index is 2.29. The smallest absolute Gasteiger partial charge is 0.278 e. The van der Waals surface area contributed by atoms with Gasteiger partial charge in [0.1, 0.15) is 5.52 Å². The molecule has 0 aliphatic heterocycles. The quantitative estimate of drug-likeness (QED) is 0.536. The molecule has 0 fully saturated rings. The van der Waals surface area contributed by atoms with Crippen LogP contribution in [-0.2, 0) is 11.3 Å². The molecule has 0 aromatic carbocycles. The van der Waals surface area contributed by atoms with Gasteiger partial charge >= 0.3 is 0 Å². The molecule has 2 rings (SSSR count). The largest absolute Gasteiger partial charge is 0.353 e. The van der Waals surface area contributed by atoms with Crippen molar-refractivity contribution in [3.8, 4) is 0 Å². The van der Waals surface area contributed by atoms with Gasteiger partial charge in [0.15, 0.2) is 5.16 Å². The van der Waals surface area contributed by atoms with Crippen LogP contribution in [0.3, 0.4) is 0 Å². The number of hydrogen-bond acceptors (Lipinski definition) is 4. The third-order valence-electron chi connectivity index (χ3n) is 4.05. The summed E-state index contributed by atoms with van der Waals surface area (Å²) in [4.78, 5) is 35.1. The molecule has 0 spiro atoms. The van der Waals surface area contributed by atoms with Crippen LogP contribution in [0.5, 0.6) is 0 Å². The van der Waals surface area contributed by atoms with Crippen molar-refractivity contribution in [2.75, 3.05) is 18.8 Å². The minimum Gasteiger partial charge on any atom is -0.353 e. The molecule has 2 heterocycles. The Kier molecular flexibility index (Phi) is 7.32. The number of amides is 1. The van der Waals surface area contributed by atoms with Crippen molar-refractivity contribution in [1.29, 1.82) is 0 Å². The molecule has 1 N–H and O–H groups in total. The van der Waals surface area contributed by atoms with Gasteiger partial charge < -0.3 is 9.88 Å². The molecule has 0 unspecified atom stereocenters. The SMILES string of the molecule is CCCN(CCC)C(=O)CSc1nc2cc(C)[nH]c2c(=O)n1CC(C)C. The van der Waals surface area contributed by atoms with Gasteiger partial charge in [-0.05, 0) is 31.7 Å². The highest BCUT2D eigenvalue weighted by Gasteiger charge is 2.17. The van der Waals surface area contributed by atoms with Gasteiger partial charge in [0.05, 0.1) is 11.3 Å². The highest BCUT2D eigenvalue weighted by Crippen LogP contribution is 2.20. The third kappa shape index (κ3) is 4.90. The molecule has 26 heavy (non-hydrogen) atoms. The Bertz CT molecular complexity index is 804. The topological polar surface area (TPSA) is 71.0 Å². The lowest BCUT2D eigenvalue weighted by Gasteiger charge is -2.21. The van der Waals surface area contributed by atoms with Crippen molar-refractivity contribution in [1.82, 2.24) is 19.4 Å². The summed E-state index contributed by atoms with van der Waals surface area (Å²) in [7, 11) is 0. The van der Waals surface area contributed by atoms with E-state index in [0.717, 1.165) is 31.6 Å². The second-order valence-electron chi connectivity index (χ2n) is 7.09. The zero-order valence-corrected chi connectivity index (χ0v) is 17.3. The van der Waals surface area contributed by atoms with Gasteiger partial charge in [0.25, 0.3) is 5.56 Å². The van der Waals surface area contributed by atoms with Crippen LogP contribution in [0.1, 0.15) is 46.2 Å². The van der Waals surface area contributed by atoms with E-state index in [1.165, 1.54) is 11.8 Å². The van der Waals surface area contributed by atoms with E-state index in [1.807, 2.05) is 17.9 Å². The molecule has 2 aromatic rings. The number of aromatic amines is 1. The molecule has 0 saturated carbocycles. The first kappa shape index (κ1) is 20.6. The number of nitrogens with one attached hydrogen (secondary N) is 1. The van der Waals surface area contributed by atoms with Crippen molar-refractivity contribution >= 4 is 28.7 Å². The first-order valence-electron chi connectivity index (χ1n) is 9.38. The standard InChI is InChI=1S/C19H30N4O2S/c1-6-8-22(9-7-2)16(24)12-26-19-21-15-10-14(5)20-17(15)18(25)23(19)11-13(3)4/h10,13,20H,6-9,11-12H2,1-5H3. The molecular formula is C19H30N4O2S. The fourth-order valence-corrected chi connectivity index (χ4v) is 3.88. The number of H-pyrrole nitrogens is 1. The summed E-state index contributed by atoms with van der Waals surface area (Å²) < 4.78 is 1.70. The molecule has 0 radical (unpaired) electrons. The summed E-state index contributed by atoms with van der Waals surface area (Å²) in [5, 5.41) is 0.622. The average molecular weight is 379 g/mol. The molecule has 0 aliphatic rings. The number of aryl methyl sites for hydroxylation is 1. The minimum atomic E-state index is -0.0641. The predicted molar refractivity (Wildman–Crippen MR) is 108 cm³/mol. The number of nitrogens with zero attached hydrogens (tertiary/aromatic N) is 3. The molecule has 1 amide bonds. The van der Waals surface area contributed by atoms with Gasteiger partial charge in [-0.1, -0.05) is 39.5 Å². The molecule has 0 saturated heterocycles. The molecule has 7 heteroatoms. The zero-order valence-electron chi connectivity index (χ0n) is 16.5. The van der Waals surface area contributed by atoms with E-state index < -0.39 is 0 Å². The zero-order chi connectivity index (χ0) is 19.3. The summed E-state index contributed by atoms with van der Waals surface area (Å²) in [6.45, 7) is 12.3. The lowest BCUT2D eigenvalue weighted by atomic mass is 10.2. The van der Waals surface area contributed by atoms with Gasteiger partial charge in [-0.25, -0.2) is 4.98 Å². The molecule has 2 aromatic heterocycles. The number of rotatable bonds is 9. The Hall–Kier alpha value is -1.76. The Morgan fingerprint density at radius 1 is 1.31 bits per heavy atom. The molecule has 0 bridgehead atoms. The van der Waals surface area contributed by atoms with Crippen LogP contribution in [-0.4, -0.2) is 44.2 Å². The van der Waals surface area contributed by atoms with Crippen LogP contribution < -0.4 is 5.56 Å². The van der Waals surface area contributed by atoms with Gasteiger partial charge in [-0.2, -0.15) is 0 Å². The molecule has 0 aliphatic carbocycles. The maximum absolute atomic E-state index is 12.9. The van der Waals surface area contributed by atoms with Crippen LogP contribution in [0.25, 0.3) is 11.0 Å². The molecular weight excluding hydrogens is 348 g/mol. The van der Waals surface area contributed by atoms with Crippen LogP contribution in [0.2, 0.25) is 0 Å². The maximum Gasteiger partial charge on any atom is 0.278 e. The van der Waals surface area contributed by atoms with Gasteiger partial charge in [0.2, 0.25) is 5.91 Å². The third-order valence-corrected chi connectivity index (χ3v) is 5.01. The summed E-state index contributed by atoms with van der Waals surface area (Å²) >= 11 is 1.36. The van der Waals surface area contributed by atoms with Crippen molar-refractivity contribution in [3.63, 3.8) is 0 Å². The average Bonchev–Trinajstić information content (AvgIpc) is 2.95. The Morgan fingerprint density at radius 3 is 2.54 bits per heavy atom. The maximum atomic E-state index is 12.9. The number of fused-ring (bicyclic) bond motifs is 1. The van der Waals surface area contributed by atoms with Crippen molar-refractivity contribution in [3.05, 3.63) is 22.1 Å². The van der Waals surface area contributed by atoms with Crippen LogP contribution >= 0.6 is 11.8 Å². The summed E-state index contributed by atoms with van der Waals surface area (Å²) in [6, 6.07) is 1.88. The highest BCUT2D eigenvalue weighted by atomic mass is 32.2. The van der Waals surface area contributed by atoms with Crippen LogP contribution in [0.4, 0.5) is 0 Å². The van der Waals surface area contributed by atoms with E-state index in [4.69, 9.17) is 0 Å². The number of thioether (sulfide) groups is 1. The Morgan fingerprint density at radius 2 is 1.96 bits per heavy atom. The van der Waals surface area contributed by atoms with Gasteiger partial charge in [-0.15, -0.1) is 0 Å². The summed E-state index contributed by atoms with van der Waals surface area (Å²) in [5.41, 5.74) is 2.06. The van der Waals surface area contributed by atoms with Crippen LogP contribution in [0.15, 0.2) is 16.0 Å². The second-order valence-corrected chi connectivity index (χ2v) is 8.03. The highest BCUT2D eigenvalue weighted by molar-refractivity contribution is 7.99. The van der Waals surface area contributed by atoms with E-state index in [2.05, 4.69) is 37.7 Å². The predicted octanol–water partition coefficient (Wildman–Crippen LogP) is 3.43. The number of carbonyl (C=O) groups excluding carboxylic acids is 1. The first-order chi connectivity index (χ1) is 12.4. The summed E-state index contributed by atoms with van der Waals surface area (Å²) in [6.07, 6.45) is 1.89. The first-order valence-corrected chi connectivity index (χ1v) is 10.4.